The predicted octanol–water partition coefficient (Wildman–Crippen LogP) is 7.96. The van der Waals surface area contributed by atoms with Crippen molar-refractivity contribution in [1.29, 1.82) is 0 Å². The Morgan fingerprint density at radius 2 is 1.27 bits per heavy atom. The van der Waals surface area contributed by atoms with Gasteiger partial charge in [0.05, 0.1) is 6.10 Å². The number of halogens is 6. The first-order valence-corrected chi connectivity index (χ1v) is 14.3. The van der Waals surface area contributed by atoms with Crippen LogP contribution in [0.4, 0.5) is 26.3 Å². The van der Waals surface area contributed by atoms with Crippen LogP contribution in [-0.4, -0.2) is 50.7 Å². The van der Waals surface area contributed by atoms with Crippen LogP contribution in [-0.2, 0) is 39.7 Å². The Hall–Kier alpha value is -3.38. The second-order valence-electron chi connectivity index (χ2n) is 11.8. The number of carbonyl (C=O) groups excluding carboxylic acids is 2. The average Bonchev–Trinajstić information content (AvgIpc) is 2.93. The predicted molar refractivity (Wildman–Crippen MR) is 153 cm³/mol. The van der Waals surface area contributed by atoms with Crippen LogP contribution in [0.3, 0.4) is 0 Å². The standard InChI is InChI=1S/C33H38F6O6/c1-21-19-25(45-28(41)31(43-6,33(37,38)39)24-15-11-8-12-16-24)20-29(3,4)26(21)18-17-22(2)44-27(40)30(42-5,32(34,35)36)23-13-9-7-10-14-23/h7-16,22,25H,17-20H2,1-6H3/t22-,25+,30-,31-/m0/s1. The maximum absolute atomic E-state index is 14.3. The second-order valence-corrected chi connectivity index (χ2v) is 11.8. The molecule has 0 spiro atoms. The van der Waals surface area contributed by atoms with Crippen molar-refractivity contribution in [2.75, 3.05) is 14.2 Å². The SMILES string of the molecule is CO[C@](C(=O)O[C@@H]1CC(C)=C(CC[C@H](C)OC(=O)[C@@](OC)(c2ccccc2)C(F)(F)F)C(C)(C)C1)(c1ccccc1)C(F)(F)F. The summed E-state index contributed by atoms with van der Waals surface area (Å²) < 4.78 is 106. The smallest absolute Gasteiger partial charge is 0.432 e. The molecule has 2 aromatic carbocycles. The lowest BCUT2D eigenvalue weighted by Gasteiger charge is -2.40. The summed E-state index contributed by atoms with van der Waals surface area (Å²) in [4.78, 5) is 26.2. The van der Waals surface area contributed by atoms with E-state index < -0.39 is 64.2 Å². The molecule has 0 saturated heterocycles. The molecule has 2 aromatic rings. The molecule has 0 radical (unpaired) electrons. The Balaban J connectivity index is 1.76. The Kier molecular flexibility index (Phi) is 10.9. The quantitative estimate of drug-likeness (QED) is 0.141. The first-order chi connectivity index (χ1) is 20.9. The van der Waals surface area contributed by atoms with Crippen molar-refractivity contribution in [2.45, 2.75) is 89.1 Å². The molecule has 4 atom stereocenters. The van der Waals surface area contributed by atoms with Gasteiger partial charge < -0.3 is 18.9 Å². The Morgan fingerprint density at radius 1 is 0.822 bits per heavy atom. The van der Waals surface area contributed by atoms with Gasteiger partial charge in [-0.05, 0) is 38.5 Å². The highest BCUT2D eigenvalue weighted by atomic mass is 19.4. The van der Waals surface area contributed by atoms with E-state index in [1.807, 2.05) is 13.8 Å². The van der Waals surface area contributed by atoms with E-state index in [0.29, 0.717) is 6.42 Å². The summed E-state index contributed by atoms with van der Waals surface area (Å²) in [5.74, 6) is -3.17. The van der Waals surface area contributed by atoms with E-state index in [0.717, 1.165) is 49.6 Å². The fraction of sp³-hybridized carbons (Fsp3) is 0.515. The third-order valence-corrected chi connectivity index (χ3v) is 8.33. The molecule has 0 N–H and O–H groups in total. The van der Waals surface area contributed by atoms with Crippen LogP contribution < -0.4 is 0 Å². The fourth-order valence-corrected chi connectivity index (χ4v) is 6.12. The van der Waals surface area contributed by atoms with E-state index in [2.05, 4.69) is 0 Å². The molecule has 3 rings (SSSR count). The number of alkyl halides is 6. The molecule has 0 heterocycles. The molecule has 0 bridgehead atoms. The van der Waals surface area contributed by atoms with Crippen molar-refractivity contribution in [3.05, 3.63) is 82.9 Å². The van der Waals surface area contributed by atoms with Gasteiger partial charge in [0.2, 0.25) is 0 Å². The van der Waals surface area contributed by atoms with E-state index in [1.165, 1.54) is 43.3 Å². The monoisotopic (exact) mass is 644 g/mol. The third-order valence-electron chi connectivity index (χ3n) is 8.33. The highest BCUT2D eigenvalue weighted by Gasteiger charge is 2.65. The van der Waals surface area contributed by atoms with Gasteiger partial charge in [0.25, 0.3) is 11.2 Å². The molecular formula is C33H38F6O6. The molecule has 0 saturated carbocycles. The van der Waals surface area contributed by atoms with Gasteiger partial charge in [-0.15, -0.1) is 0 Å². The minimum atomic E-state index is -5.11. The van der Waals surface area contributed by atoms with Crippen LogP contribution in [0.5, 0.6) is 0 Å². The summed E-state index contributed by atoms with van der Waals surface area (Å²) in [6, 6.07) is 13.0. The van der Waals surface area contributed by atoms with Gasteiger partial charge in [0.15, 0.2) is 0 Å². The number of carbonyl (C=O) groups is 2. The zero-order valence-corrected chi connectivity index (χ0v) is 26.0. The maximum Gasteiger partial charge on any atom is 0.432 e. The van der Waals surface area contributed by atoms with E-state index in [-0.39, 0.29) is 19.3 Å². The van der Waals surface area contributed by atoms with Crippen LogP contribution in [0, 0.1) is 5.41 Å². The molecular weight excluding hydrogens is 606 g/mol. The largest absolute Gasteiger partial charge is 0.460 e. The summed E-state index contributed by atoms with van der Waals surface area (Å²) in [5.41, 5.74) is -6.49. The highest BCUT2D eigenvalue weighted by Crippen LogP contribution is 2.47. The summed E-state index contributed by atoms with van der Waals surface area (Å²) in [5, 5.41) is 0. The fourth-order valence-electron chi connectivity index (χ4n) is 6.12. The molecule has 1 aliphatic carbocycles. The van der Waals surface area contributed by atoms with E-state index >= 15 is 0 Å². The second kappa shape index (κ2) is 13.5. The third kappa shape index (κ3) is 7.06. The lowest BCUT2D eigenvalue weighted by atomic mass is 9.70. The number of rotatable bonds is 11. The number of esters is 2. The zero-order valence-electron chi connectivity index (χ0n) is 26.0. The lowest BCUT2D eigenvalue weighted by molar-refractivity contribution is -0.279. The Morgan fingerprint density at radius 3 is 1.67 bits per heavy atom. The van der Waals surface area contributed by atoms with Crippen molar-refractivity contribution in [3.63, 3.8) is 0 Å². The number of hydrogen-bond acceptors (Lipinski definition) is 6. The average molecular weight is 645 g/mol. The van der Waals surface area contributed by atoms with E-state index in [1.54, 1.807) is 6.92 Å². The van der Waals surface area contributed by atoms with Gasteiger partial charge in [0.1, 0.15) is 6.10 Å². The van der Waals surface area contributed by atoms with Crippen molar-refractivity contribution in [1.82, 2.24) is 0 Å². The summed E-state index contributed by atoms with van der Waals surface area (Å²) >= 11 is 0. The normalized spacial score (nSPS) is 20.5. The number of benzene rings is 2. The molecule has 12 heteroatoms. The molecule has 248 valence electrons. The van der Waals surface area contributed by atoms with Crippen LogP contribution in [0.2, 0.25) is 0 Å². The lowest BCUT2D eigenvalue weighted by Crippen LogP contribution is -2.53. The molecule has 0 amide bonds. The highest BCUT2D eigenvalue weighted by molar-refractivity contribution is 5.83. The van der Waals surface area contributed by atoms with E-state index in [9.17, 15) is 35.9 Å². The summed E-state index contributed by atoms with van der Waals surface area (Å²) in [6.45, 7) is 6.90. The summed E-state index contributed by atoms with van der Waals surface area (Å²) in [7, 11) is 1.59. The summed E-state index contributed by atoms with van der Waals surface area (Å²) in [6.07, 6.45) is -11.3. The topological polar surface area (TPSA) is 71.1 Å². The van der Waals surface area contributed by atoms with Gasteiger partial charge in [-0.2, -0.15) is 26.3 Å². The zero-order chi connectivity index (χ0) is 33.8. The molecule has 6 nitrogen and oxygen atoms in total. The van der Waals surface area contributed by atoms with Crippen molar-refractivity contribution in [2.24, 2.45) is 5.41 Å². The minimum Gasteiger partial charge on any atom is -0.460 e. The van der Waals surface area contributed by atoms with Gasteiger partial charge in [-0.1, -0.05) is 85.7 Å². The van der Waals surface area contributed by atoms with Gasteiger partial charge in [0, 0.05) is 31.8 Å². The molecule has 0 aromatic heterocycles. The maximum atomic E-state index is 14.3. The van der Waals surface area contributed by atoms with Gasteiger partial charge in [-0.25, -0.2) is 9.59 Å². The molecule has 0 fully saturated rings. The van der Waals surface area contributed by atoms with Gasteiger partial charge in [-0.3, -0.25) is 0 Å². The minimum absolute atomic E-state index is 0.139. The first-order valence-electron chi connectivity index (χ1n) is 14.3. The van der Waals surface area contributed by atoms with E-state index in [4.69, 9.17) is 18.9 Å². The molecule has 1 aliphatic rings. The van der Waals surface area contributed by atoms with Gasteiger partial charge >= 0.3 is 24.3 Å². The first kappa shape index (κ1) is 36.1. The molecule has 0 aliphatic heterocycles. The number of methoxy groups -OCH3 is 2. The Labute approximate surface area is 258 Å². The Bertz CT molecular complexity index is 1360. The van der Waals surface area contributed by atoms with Crippen LogP contribution in [0.25, 0.3) is 0 Å². The van der Waals surface area contributed by atoms with Crippen LogP contribution in [0.15, 0.2) is 71.8 Å². The number of ether oxygens (including phenoxy) is 4. The molecule has 0 unspecified atom stereocenters. The van der Waals surface area contributed by atoms with Crippen LogP contribution in [0.1, 0.15) is 64.5 Å². The van der Waals surface area contributed by atoms with Crippen LogP contribution >= 0.6 is 0 Å². The number of allylic oxidation sites excluding steroid dienone is 1. The number of hydrogen-bond donors (Lipinski definition) is 0. The van der Waals surface area contributed by atoms with Crippen molar-refractivity contribution in [3.8, 4) is 0 Å². The molecule has 45 heavy (non-hydrogen) atoms. The van der Waals surface area contributed by atoms with Crippen molar-refractivity contribution < 1.29 is 54.9 Å². The van der Waals surface area contributed by atoms with Crippen molar-refractivity contribution >= 4 is 11.9 Å².